The number of ether oxygens (including phenoxy) is 6. The molecule has 0 radical (unpaired) electrons. The Bertz CT molecular complexity index is 1890. The zero-order chi connectivity index (χ0) is 30.5. The van der Waals surface area contributed by atoms with Crippen molar-refractivity contribution in [3.63, 3.8) is 0 Å². The van der Waals surface area contributed by atoms with E-state index in [9.17, 15) is 0 Å². The summed E-state index contributed by atoms with van der Waals surface area (Å²) in [5.74, 6) is 4.09. The molecule has 0 fully saturated rings. The maximum atomic E-state index is 5.98. The molecule has 224 valence electrons. The standard InChI is InChI=1S/C35H33N3O6/c1-39-32-15-24-14-25(30-17-34(41-3)35(42-4)18-31(30)29(24)16-33(32)40-2)19-38-20-26(36-37-38)22-44-28-12-10-27(11-13-28)43-21-23-8-6-5-7-9-23/h5-18,20H,19,21-22H2,1-4H3. The van der Waals surface area contributed by atoms with E-state index in [0.717, 1.165) is 44.2 Å². The van der Waals surface area contributed by atoms with Crippen LogP contribution in [-0.4, -0.2) is 43.4 Å². The van der Waals surface area contributed by atoms with E-state index in [1.807, 2.05) is 85.1 Å². The summed E-state index contributed by atoms with van der Waals surface area (Å²) in [4.78, 5) is 0. The lowest BCUT2D eigenvalue weighted by molar-refractivity contribution is 0.294. The largest absolute Gasteiger partial charge is 0.493 e. The number of methoxy groups -OCH3 is 4. The topological polar surface area (TPSA) is 86.1 Å². The Hall–Kier alpha value is -5.44. The van der Waals surface area contributed by atoms with Crippen LogP contribution < -0.4 is 28.4 Å². The fourth-order valence-corrected chi connectivity index (χ4v) is 5.20. The van der Waals surface area contributed by atoms with Crippen molar-refractivity contribution >= 4 is 21.5 Å². The van der Waals surface area contributed by atoms with Crippen LogP contribution in [-0.2, 0) is 19.8 Å². The third-order valence-electron chi connectivity index (χ3n) is 7.42. The number of benzene rings is 5. The maximum Gasteiger partial charge on any atom is 0.161 e. The molecule has 0 aliphatic rings. The molecule has 0 unspecified atom stereocenters. The molecule has 9 heteroatoms. The van der Waals surface area contributed by atoms with Crippen LogP contribution in [0.4, 0.5) is 0 Å². The van der Waals surface area contributed by atoms with E-state index in [0.29, 0.717) is 41.8 Å². The van der Waals surface area contributed by atoms with Crippen LogP contribution in [0.15, 0.2) is 91.1 Å². The first-order valence-electron chi connectivity index (χ1n) is 14.1. The third-order valence-corrected chi connectivity index (χ3v) is 7.42. The molecule has 0 saturated carbocycles. The molecule has 5 aromatic carbocycles. The number of nitrogens with zero attached hydrogens (tertiary/aromatic N) is 3. The van der Waals surface area contributed by atoms with Crippen molar-refractivity contribution in [2.24, 2.45) is 0 Å². The van der Waals surface area contributed by atoms with E-state index in [1.165, 1.54) is 0 Å². The predicted octanol–water partition coefficient (Wildman–Crippen LogP) is 6.83. The van der Waals surface area contributed by atoms with Crippen molar-refractivity contribution in [1.82, 2.24) is 15.0 Å². The van der Waals surface area contributed by atoms with Crippen molar-refractivity contribution in [2.75, 3.05) is 28.4 Å². The minimum Gasteiger partial charge on any atom is -0.493 e. The minimum atomic E-state index is 0.282. The quantitative estimate of drug-likeness (QED) is 0.143. The van der Waals surface area contributed by atoms with Gasteiger partial charge in [-0.25, -0.2) is 4.68 Å². The van der Waals surface area contributed by atoms with Crippen molar-refractivity contribution < 1.29 is 28.4 Å². The molecule has 0 aliphatic heterocycles. The van der Waals surface area contributed by atoms with Crippen molar-refractivity contribution in [1.29, 1.82) is 0 Å². The molecular formula is C35H33N3O6. The molecular weight excluding hydrogens is 558 g/mol. The van der Waals surface area contributed by atoms with Gasteiger partial charge in [-0.05, 0) is 87.3 Å². The fraction of sp³-hybridized carbons (Fsp3) is 0.200. The Kier molecular flexibility index (Phi) is 8.36. The van der Waals surface area contributed by atoms with Crippen LogP contribution in [0, 0.1) is 0 Å². The zero-order valence-corrected chi connectivity index (χ0v) is 25.1. The van der Waals surface area contributed by atoms with Crippen LogP contribution in [0.25, 0.3) is 21.5 Å². The Labute approximate surface area is 255 Å². The van der Waals surface area contributed by atoms with Crippen molar-refractivity contribution in [3.8, 4) is 34.5 Å². The molecule has 44 heavy (non-hydrogen) atoms. The summed E-state index contributed by atoms with van der Waals surface area (Å²) in [7, 11) is 6.53. The highest BCUT2D eigenvalue weighted by atomic mass is 16.5. The van der Waals surface area contributed by atoms with E-state index in [4.69, 9.17) is 28.4 Å². The monoisotopic (exact) mass is 591 g/mol. The molecule has 0 aliphatic carbocycles. The zero-order valence-electron chi connectivity index (χ0n) is 25.1. The lowest BCUT2D eigenvalue weighted by atomic mass is 9.96. The summed E-state index contributed by atoms with van der Waals surface area (Å²) in [6.45, 7) is 1.28. The lowest BCUT2D eigenvalue weighted by Crippen LogP contribution is -2.02. The molecule has 1 aromatic heterocycles. The Balaban J connectivity index is 1.21. The normalized spacial score (nSPS) is 11.0. The maximum absolute atomic E-state index is 5.98. The van der Waals surface area contributed by atoms with Gasteiger partial charge in [-0.3, -0.25) is 0 Å². The molecule has 0 saturated heterocycles. The highest BCUT2D eigenvalue weighted by Gasteiger charge is 2.16. The van der Waals surface area contributed by atoms with Crippen LogP contribution >= 0.6 is 0 Å². The van der Waals surface area contributed by atoms with E-state index < -0.39 is 0 Å². The van der Waals surface area contributed by atoms with Gasteiger partial charge in [0, 0.05) is 0 Å². The Morgan fingerprint density at radius 1 is 0.591 bits per heavy atom. The SMILES string of the molecule is COc1cc2cc(Cn3cc(COc4ccc(OCc5ccccc5)cc4)nn3)c3cc(OC)c(OC)cc3c2cc1OC. The lowest BCUT2D eigenvalue weighted by Gasteiger charge is -2.16. The average Bonchev–Trinajstić information content (AvgIpc) is 3.53. The van der Waals surface area contributed by atoms with Crippen LogP contribution in [0.1, 0.15) is 16.8 Å². The highest BCUT2D eigenvalue weighted by molar-refractivity contribution is 6.11. The molecule has 0 N–H and O–H groups in total. The summed E-state index contributed by atoms with van der Waals surface area (Å²) >= 11 is 0. The number of hydrogen-bond acceptors (Lipinski definition) is 8. The number of aromatic nitrogens is 3. The summed E-state index contributed by atoms with van der Waals surface area (Å²) in [5.41, 5.74) is 2.86. The smallest absolute Gasteiger partial charge is 0.161 e. The second-order valence-corrected chi connectivity index (χ2v) is 10.2. The fourth-order valence-electron chi connectivity index (χ4n) is 5.20. The molecule has 0 spiro atoms. The number of rotatable bonds is 12. The Morgan fingerprint density at radius 3 is 1.80 bits per heavy atom. The first-order chi connectivity index (χ1) is 21.6. The summed E-state index contributed by atoms with van der Waals surface area (Å²) in [6, 6.07) is 27.7. The van der Waals surface area contributed by atoms with Gasteiger partial charge in [-0.1, -0.05) is 35.5 Å². The van der Waals surface area contributed by atoms with Crippen LogP contribution in [0.2, 0.25) is 0 Å². The van der Waals surface area contributed by atoms with Gasteiger partial charge in [-0.15, -0.1) is 5.10 Å². The van der Waals surface area contributed by atoms with E-state index in [-0.39, 0.29) is 6.61 Å². The molecule has 6 rings (SSSR count). The number of fused-ring (bicyclic) bond motifs is 3. The second kappa shape index (κ2) is 12.8. The molecule has 0 amide bonds. The molecule has 0 bridgehead atoms. The molecule has 9 nitrogen and oxygen atoms in total. The van der Waals surface area contributed by atoms with Gasteiger partial charge in [0.15, 0.2) is 23.0 Å². The predicted molar refractivity (Wildman–Crippen MR) is 168 cm³/mol. The van der Waals surface area contributed by atoms with Crippen molar-refractivity contribution in [2.45, 2.75) is 19.8 Å². The van der Waals surface area contributed by atoms with E-state index in [2.05, 4.69) is 16.4 Å². The molecule has 0 atom stereocenters. The minimum absolute atomic E-state index is 0.282. The third kappa shape index (κ3) is 6.03. The first kappa shape index (κ1) is 28.7. The average molecular weight is 592 g/mol. The van der Waals surface area contributed by atoms with Crippen LogP contribution in [0.5, 0.6) is 34.5 Å². The highest BCUT2D eigenvalue weighted by Crippen LogP contribution is 2.41. The van der Waals surface area contributed by atoms with Gasteiger partial charge >= 0.3 is 0 Å². The van der Waals surface area contributed by atoms with Crippen LogP contribution in [0.3, 0.4) is 0 Å². The van der Waals surface area contributed by atoms with E-state index in [1.54, 1.807) is 33.1 Å². The Morgan fingerprint density at radius 2 is 1.16 bits per heavy atom. The van der Waals surface area contributed by atoms with Gasteiger partial charge in [0.1, 0.15) is 30.4 Å². The number of hydrogen-bond donors (Lipinski definition) is 0. The summed E-state index contributed by atoms with van der Waals surface area (Å²) in [5, 5.41) is 12.7. The second-order valence-electron chi connectivity index (χ2n) is 10.2. The summed E-state index contributed by atoms with van der Waals surface area (Å²) in [6.07, 6.45) is 1.89. The first-order valence-corrected chi connectivity index (χ1v) is 14.1. The van der Waals surface area contributed by atoms with Crippen molar-refractivity contribution in [3.05, 3.63) is 108 Å². The van der Waals surface area contributed by atoms with Gasteiger partial charge < -0.3 is 28.4 Å². The molecule has 6 aromatic rings. The summed E-state index contributed by atoms with van der Waals surface area (Å²) < 4.78 is 36.1. The van der Waals surface area contributed by atoms with Gasteiger partial charge in [0.05, 0.1) is 41.2 Å². The molecule has 1 heterocycles. The van der Waals surface area contributed by atoms with E-state index >= 15 is 0 Å². The van der Waals surface area contributed by atoms with Gasteiger partial charge in [0.2, 0.25) is 0 Å². The van der Waals surface area contributed by atoms with Gasteiger partial charge in [0.25, 0.3) is 0 Å². The van der Waals surface area contributed by atoms with Gasteiger partial charge in [-0.2, -0.15) is 0 Å².